The van der Waals surface area contributed by atoms with E-state index in [2.05, 4.69) is 34.9 Å². The van der Waals surface area contributed by atoms with E-state index in [4.69, 9.17) is 4.74 Å². The van der Waals surface area contributed by atoms with Crippen LogP contribution in [0.1, 0.15) is 56.6 Å². The fourth-order valence-electron chi connectivity index (χ4n) is 5.15. The molecule has 2 aliphatic carbocycles. The minimum absolute atomic E-state index is 0.00739. The maximum Gasteiger partial charge on any atom is 0.407 e. The Morgan fingerprint density at radius 2 is 1.62 bits per heavy atom. The van der Waals surface area contributed by atoms with Crippen LogP contribution in [0.3, 0.4) is 0 Å². The van der Waals surface area contributed by atoms with Crippen molar-refractivity contribution < 1.29 is 24.2 Å². The Morgan fingerprint density at radius 1 is 1.00 bits per heavy atom. The zero-order chi connectivity index (χ0) is 24.2. The molecule has 180 valence electrons. The number of carboxylic acids is 1. The number of nitrogens with one attached hydrogen (secondary N) is 2. The van der Waals surface area contributed by atoms with Crippen LogP contribution in [0.5, 0.6) is 0 Å². The number of rotatable bonds is 7. The highest BCUT2D eigenvalue weighted by molar-refractivity contribution is 5.85. The van der Waals surface area contributed by atoms with Crippen LogP contribution in [0, 0.1) is 11.8 Å². The molecule has 0 aromatic heterocycles. The summed E-state index contributed by atoms with van der Waals surface area (Å²) in [6.45, 7) is 3.77. The molecular formula is C27H32N2O5. The summed E-state index contributed by atoms with van der Waals surface area (Å²) in [4.78, 5) is 36.7. The van der Waals surface area contributed by atoms with Crippen LogP contribution in [0.25, 0.3) is 11.1 Å². The molecule has 4 rings (SSSR count). The van der Waals surface area contributed by atoms with Crippen LogP contribution < -0.4 is 10.6 Å². The molecule has 34 heavy (non-hydrogen) atoms. The number of hydrogen-bond donors (Lipinski definition) is 3. The van der Waals surface area contributed by atoms with Crippen molar-refractivity contribution in [2.75, 3.05) is 6.61 Å². The van der Waals surface area contributed by atoms with Crippen molar-refractivity contribution >= 4 is 18.0 Å². The third-order valence-corrected chi connectivity index (χ3v) is 6.94. The Hall–Kier alpha value is -3.35. The first-order valence-corrected chi connectivity index (χ1v) is 12.0. The van der Waals surface area contributed by atoms with E-state index in [0.29, 0.717) is 12.8 Å². The van der Waals surface area contributed by atoms with Gasteiger partial charge in [0.25, 0.3) is 0 Å². The lowest BCUT2D eigenvalue weighted by Crippen LogP contribution is -2.49. The molecule has 3 atom stereocenters. The molecule has 2 aromatic carbocycles. The maximum atomic E-state index is 12.7. The molecule has 0 saturated heterocycles. The van der Waals surface area contributed by atoms with E-state index in [1.54, 1.807) is 13.8 Å². The Kier molecular flexibility index (Phi) is 7.20. The molecule has 1 fully saturated rings. The van der Waals surface area contributed by atoms with Crippen molar-refractivity contribution in [2.24, 2.45) is 11.8 Å². The van der Waals surface area contributed by atoms with Gasteiger partial charge in [-0.05, 0) is 47.4 Å². The Labute approximate surface area is 199 Å². The topological polar surface area (TPSA) is 105 Å². The van der Waals surface area contributed by atoms with Crippen molar-refractivity contribution in [2.45, 2.75) is 57.5 Å². The molecule has 0 heterocycles. The zero-order valence-corrected chi connectivity index (χ0v) is 19.6. The fraction of sp³-hybridized carbons (Fsp3) is 0.444. The third-order valence-electron chi connectivity index (χ3n) is 6.94. The maximum absolute atomic E-state index is 12.7. The highest BCUT2D eigenvalue weighted by Gasteiger charge is 2.33. The summed E-state index contributed by atoms with van der Waals surface area (Å²) >= 11 is 0. The van der Waals surface area contributed by atoms with Gasteiger partial charge in [-0.25, -0.2) is 9.59 Å². The molecule has 7 heteroatoms. The number of carbonyl (C=O) groups is 3. The molecule has 2 aromatic rings. The first-order chi connectivity index (χ1) is 16.3. The smallest absolute Gasteiger partial charge is 0.407 e. The van der Waals surface area contributed by atoms with Gasteiger partial charge in [-0.1, -0.05) is 68.8 Å². The number of carbonyl (C=O) groups excluding carboxylic acids is 2. The summed E-state index contributed by atoms with van der Waals surface area (Å²) in [6, 6.07) is 15.3. The second-order valence-electron chi connectivity index (χ2n) is 9.60. The van der Waals surface area contributed by atoms with Crippen molar-refractivity contribution in [1.29, 1.82) is 0 Å². The number of carboxylic acid groups (broad SMARTS) is 1. The molecule has 2 aliphatic rings. The molecule has 0 bridgehead atoms. The Morgan fingerprint density at radius 3 is 2.21 bits per heavy atom. The molecule has 3 unspecified atom stereocenters. The summed E-state index contributed by atoms with van der Waals surface area (Å²) in [5.74, 6) is -1.84. The van der Waals surface area contributed by atoms with Crippen LogP contribution in [0.15, 0.2) is 48.5 Å². The number of benzene rings is 2. The van der Waals surface area contributed by atoms with E-state index in [0.717, 1.165) is 24.0 Å². The van der Waals surface area contributed by atoms with Gasteiger partial charge in [0.1, 0.15) is 12.6 Å². The van der Waals surface area contributed by atoms with Crippen LogP contribution in [-0.4, -0.2) is 41.8 Å². The minimum atomic E-state index is -1.03. The largest absolute Gasteiger partial charge is 0.480 e. The average Bonchev–Trinajstić information content (AvgIpc) is 3.14. The quantitative estimate of drug-likeness (QED) is 0.566. The lowest BCUT2D eigenvalue weighted by molar-refractivity contribution is -0.144. The van der Waals surface area contributed by atoms with Gasteiger partial charge in [0.15, 0.2) is 0 Å². The number of amides is 2. The summed E-state index contributed by atoms with van der Waals surface area (Å²) < 4.78 is 5.64. The molecule has 3 N–H and O–H groups in total. The van der Waals surface area contributed by atoms with Crippen LogP contribution >= 0.6 is 0 Å². The van der Waals surface area contributed by atoms with Crippen molar-refractivity contribution in [3.05, 3.63) is 59.7 Å². The number of ether oxygens (including phenoxy) is 1. The number of fused-ring (bicyclic) bond motifs is 3. The Balaban J connectivity index is 1.32. The average molecular weight is 465 g/mol. The van der Waals surface area contributed by atoms with Gasteiger partial charge >= 0.3 is 12.1 Å². The molecular weight excluding hydrogens is 432 g/mol. The highest BCUT2D eigenvalue weighted by Crippen LogP contribution is 2.44. The summed E-state index contributed by atoms with van der Waals surface area (Å²) in [5, 5.41) is 14.9. The Bertz CT molecular complexity index is 1020. The van der Waals surface area contributed by atoms with Gasteiger partial charge in [0.05, 0.1) is 0 Å². The first-order valence-electron chi connectivity index (χ1n) is 12.0. The van der Waals surface area contributed by atoms with Crippen LogP contribution in [0.2, 0.25) is 0 Å². The van der Waals surface area contributed by atoms with Gasteiger partial charge in [0.2, 0.25) is 5.91 Å². The van der Waals surface area contributed by atoms with Crippen molar-refractivity contribution in [1.82, 2.24) is 10.6 Å². The standard InChI is InChI=1S/C27H32N2O5/c1-16(2)24(26(31)32)29-25(30)17-8-7-9-18(14-17)28-27(33)34-15-23-21-12-5-3-10-19(21)20-11-4-6-13-22(20)23/h3-6,10-13,16-18,23-24H,7-9,14-15H2,1-2H3,(H,28,33)(H,29,30)(H,31,32). The minimum Gasteiger partial charge on any atom is -0.480 e. The lowest BCUT2D eigenvalue weighted by Gasteiger charge is -2.30. The predicted molar refractivity (Wildman–Crippen MR) is 128 cm³/mol. The van der Waals surface area contributed by atoms with Gasteiger partial charge in [-0.15, -0.1) is 0 Å². The van der Waals surface area contributed by atoms with Gasteiger partial charge in [-0.3, -0.25) is 4.79 Å². The molecule has 0 radical (unpaired) electrons. The molecule has 1 saturated carbocycles. The predicted octanol–water partition coefficient (Wildman–Crippen LogP) is 4.31. The number of hydrogen-bond acceptors (Lipinski definition) is 4. The van der Waals surface area contributed by atoms with Gasteiger partial charge in [-0.2, -0.15) is 0 Å². The van der Waals surface area contributed by atoms with E-state index in [-0.39, 0.29) is 36.3 Å². The van der Waals surface area contributed by atoms with E-state index in [1.165, 1.54) is 11.1 Å². The highest BCUT2D eigenvalue weighted by atomic mass is 16.5. The van der Waals surface area contributed by atoms with E-state index < -0.39 is 18.1 Å². The normalized spacial score (nSPS) is 20.2. The van der Waals surface area contributed by atoms with Gasteiger partial charge in [0, 0.05) is 17.9 Å². The van der Waals surface area contributed by atoms with Crippen LogP contribution in [0.4, 0.5) is 4.79 Å². The summed E-state index contributed by atoms with van der Waals surface area (Å²) in [6.07, 6.45) is 2.21. The molecule has 7 nitrogen and oxygen atoms in total. The second-order valence-corrected chi connectivity index (χ2v) is 9.60. The SMILES string of the molecule is CC(C)C(NC(=O)C1CCCC(NC(=O)OCC2c3ccccc3-c3ccccc32)C1)C(=O)O. The molecule has 0 aliphatic heterocycles. The third kappa shape index (κ3) is 5.08. The fourth-order valence-corrected chi connectivity index (χ4v) is 5.15. The molecule has 2 amide bonds. The number of aliphatic carboxylic acids is 1. The summed E-state index contributed by atoms with van der Waals surface area (Å²) in [5.41, 5.74) is 4.66. The van der Waals surface area contributed by atoms with Crippen LogP contribution in [-0.2, 0) is 14.3 Å². The molecule has 0 spiro atoms. The second kappa shape index (κ2) is 10.3. The van der Waals surface area contributed by atoms with E-state index in [9.17, 15) is 19.5 Å². The zero-order valence-electron chi connectivity index (χ0n) is 19.6. The van der Waals surface area contributed by atoms with Crippen molar-refractivity contribution in [3.8, 4) is 11.1 Å². The van der Waals surface area contributed by atoms with Crippen molar-refractivity contribution in [3.63, 3.8) is 0 Å². The van der Waals surface area contributed by atoms with E-state index in [1.807, 2.05) is 24.3 Å². The summed E-state index contributed by atoms with van der Waals surface area (Å²) in [7, 11) is 0. The number of alkyl carbamates (subject to hydrolysis) is 1. The first kappa shape index (κ1) is 23.8. The van der Waals surface area contributed by atoms with Gasteiger partial charge < -0.3 is 20.5 Å². The van der Waals surface area contributed by atoms with E-state index >= 15 is 0 Å². The lowest BCUT2D eigenvalue weighted by atomic mass is 9.85. The monoisotopic (exact) mass is 464 g/mol.